The summed E-state index contributed by atoms with van der Waals surface area (Å²) in [5.74, 6) is 0. The molecule has 0 amide bonds. The third kappa shape index (κ3) is 6.67. The van der Waals surface area contributed by atoms with Crippen LogP contribution in [0.3, 0.4) is 0 Å². The van der Waals surface area contributed by atoms with Crippen LogP contribution in [0.4, 0.5) is 51.2 Å². The summed E-state index contributed by atoms with van der Waals surface area (Å²) in [7, 11) is 0. The van der Waals surface area contributed by atoms with Gasteiger partial charge in [-0.05, 0) is 184 Å². The van der Waals surface area contributed by atoms with Gasteiger partial charge in [0.1, 0.15) is 0 Å². The number of anilines is 9. The van der Waals surface area contributed by atoms with Gasteiger partial charge in [0.2, 0.25) is 0 Å². The van der Waals surface area contributed by atoms with E-state index in [0.29, 0.717) is 5.56 Å². The lowest BCUT2D eigenvalue weighted by molar-refractivity contribution is 0.332. The van der Waals surface area contributed by atoms with E-state index >= 15 is 0 Å². The molecule has 2 aliphatic heterocycles. The molecular weight excluding hydrogens is 878 g/mol. The highest BCUT2D eigenvalue weighted by Crippen LogP contribution is 2.54. The van der Waals surface area contributed by atoms with E-state index in [0.717, 1.165) is 82.3 Å². The van der Waals surface area contributed by atoms with E-state index in [1.54, 1.807) is 0 Å². The monoisotopic (exact) mass is 945 g/mol. The van der Waals surface area contributed by atoms with Crippen molar-refractivity contribution in [3.05, 3.63) is 191 Å². The summed E-state index contributed by atoms with van der Waals surface area (Å²) in [6.45, 7) is 18.9. The van der Waals surface area contributed by atoms with Crippen LogP contribution in [0.2, 0.25) is 0 Å². The summed E-state index contributed by atoms with van der Waals surface area (Å²) < 4.78 is 30.3. The summed E-state index contributed by atoms with van der Waals surface area (Å²) in [6.07, 6.45) is 4.41. The minimum absolute atomic E-state index is 0.0356. The summed E-state index contributed by atoms with van der Waals surface area (Å²) in [6, 6.07) is 58.1. The van der Waals surface area contributed by atoms with Gasteiger partial charge >= 0.3 is 0 Å². The highest BCUT2D eigenvalue weighted by Gasteiger charge is 2.47. The number of hydrogen-bond acceptors (Lipinski definition) is 4. The van der Waals surface area contributed by atoms with E-state index in [9.17, 15) is 4.11 Å². The lowest BCUT2D eigenvalue weighted by Gasteiger charge is -2.48. The maximum Gasteiger partial charge on any atom is 0.252 e. The first-order valence-corrected chi connectivity index (χ1v) is 26.6. The molecule has 0 saturated heterocycles. The van der Waals surface area contributed by atoms with E-state index in [1.165, 1.54) is 58.9 Å². The molecule has 0 radical (unpaired) electrons. The molecule has 0 saturated carbocycles. The average molecular weight is 945 g/mol. The number of thiophene rings is 1. The fourth-order valence-electron chi connectivity index (χ4n) is 13.2. The fraction of sp³-hybridized carbons (Fsp3) is 0.273. The number of aryl methyl sites for hydroxylation is 2. The second-order valence-electron chi connectivity index (χ2n) is 23.7. The van der Waals surface area contributed by atoms with Crippen molar-refractivity contribution < 1.29 is 4.11 Å². The lowest BCUT2D eigenvalue weighted by atomic mass is 9.33. The largest absolute Gasteiger partial charge is 0.311 e. The standard InChI is InChI=1S/C66H64BN3S/c1-41-35-58-61-59(36-41)70(55-25-18-23-47-46-22-15-17-26-60(46)71-62(47)55)56-38-45(68(43-20-12-11-13-21-43)54-24-16-14-19-42(54)2)28-30-52(56)67(61)53-39-50-51(66(9,10)34-33-65(50,7)8)40-57(53)69(58)44-27-29-48-49(37-44)64(5,6)32-31-63(48,3)4/h11-30,35-40H,31-34H2,1-10H3/i1D3. The Balaban J connectivity index is 1.17. The SMILES string of the molecule is [2H]C([2H])([2H])c1cc2c3c(c1)N(c1cccc4c1sc1ccccc14)c1cc(N(c4ccccc4)c4ccccc4C)ccc1B3c1cc3c(cc1N2c1ccc2c(c1)C(C)(C)CCC2(C)C)C(C)(C)CCC3(C)C. The molecule has 0 N–H and O–H groups in total. The van der Waals surface area contributed by atoms with Crippen LogP contribution < -0.4 is 31.1 Å². The van der Waals surface area contributed by atoms with Gasteiger partial charge in [0.15, 0.2) is 0 Å². The van der Waals surface area contributed by atoms with Gasteiger partial charge in [-0.1, -0.05) is 140 Å². The van der Waals surface area contributed by atoms with Crippen molar-refractivity contribution >= 4 is 106 Å². The quantitative estimate of drug-likeness (QED) is 0.159. The van der Waals surface area contributed by atoms with E-state index in [4.69, 9.17) is 0 Å². The van der Waals surface area contributed by atoms with Gasteiger partial charge < -0.3 is 14.7 Å². The third-order valence-corrected chi connectivity index (χ3v) is 18.6. The van der Waals surface area contributed by atoms with Crippen molar-refractivity contribution in [3.8, 4) is 0 Å². The van der Waals surface area contributed by atoms with Crippen molar-refractivity contribution in [2.24, 2.45) is 0 Å². The fourth-order valence-corrected chi connectivity index (χ4v) is 14.4. The summed E-state index contributed by atoms with van der Waals surface area (Å²) in [4.78, 5) is 7.29. The Bertz CT molecular complexity index is 3790. The van der Waals surface area contributed by atoms with E-state index in [1.807, 2.05) is 23.5 Å². The Morgan fingerprint density at radius 3 is 1.85 bits per heavy atom. The molecule has 3 nitrogen and oxygen atoms in total. The normalized spacial score (nSPS) is 18.4. The van der Waals surface area contributed by atoms with Crippen LogP contribution in [-0.4, -0.2) is 6.71 Å². The number of hydrogen-bond donors (Lipinski definition) is 0. The highest BCUT2D eigenvalue weighted by atomic mass is 32.1. The van der Waals surface area contributed by atoms with Gasteiger partial charge in [0, 0.05) is 65.1 Å². The van der Waals surface area contributed by atoms with E-state index in [2.05, 4.69) is 223 Å². The summed E-state index contributed by atoms with van der Waals surface area (Å²) in [5, 5.41) is 2.41. The zero-order valence-electron chi connectivity index (χ0n) is 45.7. The Kier molecular flexibility index (Phi) is 8.96. The summed E-state index contributed by atoms with van der Waals surface area (Å²) in [5.41, 5.74) is 19.9. The first-order valence-electron chi connectivity index (χ1n) is 27.3. The van der Waals surface area contributed by atoms with Crippen LogP contribution >= 0.6 is 11.3 Å². The molecule has 0 fully saturated rings. The minimum atomic E-state index is -2.40. The second kappa shape index (κ2) is 15.5. The molecule has 13 rings (SSSR count). The number of rotatable bonds is 5. The van der Waals surface area contributed by atoms with Crippen molar-refractivity contribution in [3.63, 3.8) is 0 Å². The van der Waals surface area contributed by atoms with Gasteiger partial charge in [-0.25, -0.2) is 0 Å². The van der Waals surface area contributed by atoms with Crippen molar-refractivity contribution in [2.45, 2.75) is 117 Å². The molecule has 71 heavy (non-hydrogen) atoms. The van der Waals surface area contributed by atoms with Gasteiger partial charge in [0.05, 0.1) is 10.4 Å². The number of benzene rings is 8. The molecule has 352 valence electrons. The number of nitrogens with zero attached hydrogens (tertiary/aromatic N) is 3. The zero-order valence-corrected chi connectivity index (χ0v) is 43.5. The predicted octanol–water partition coefficient (Wildman–Crippen LogP) is 16.9. The molecule has 4 aliphatic rings. The maximum absolute atomic E-state index is 9.30. The first kappa shape index (κ1) is 41.1. The van der Waals surface area contributed by atoms with Crippen LogP contribution in [0.25, 0.3) is 20.2 Å². The molecule has 2 aliphatic carbocycles. The predicted molar refractivity (Wildman–Crippen MR) is 308 cm³/mol. The topological polar surface area (TPSA) is 9.72 Å². The van der Waals surface area contributed by atoms with Crippen LogP contribution in [0.5, 0.6) is 0 Å². The Labute approximate surface area is 430 Å². The van der Waals surface area contributed by atoms with E-state index in [-0.39, 0.29) is 28.4 Å². The molecule has 5 heteroatoms. The molecular formula is C66H64BN3S. The summed E-state index contributed by atoms with van der Waals surface area (Å²) >= 11 is 1.81. The number of para-hydroxylation sites is 2. The van der Waals surface area contributed by atoms with Gasteiger partial charge in [0.25, 0.3) is 6.71 Å². The Hall–Kier alpha value is -6.56. The minimum Gasteiger partial charge on any atom is -0.311 e. The molecule has 0 atom stereocenters. The van der Waals surface area contributed by atoms with Crippen LogP contribution in [0.15, 0.2) is 158 Å². The van der Waals surface area contributed by atoms with Crippen LogP contribution in [-0.2, 0) is 21.7 Å². The van der Waals surface area contributed by atoms with Gasteiger partial charge in [-0.3, -0.25) is 0 Å². The zero-order chi connectivity index (χ0) is 51.4. The second-order valence-corrected chi connectivity index (χ2v) is 24.8. The average Bonchev–Trinajstić information content (AvgIpc) is 3.80. The maximum atomic E-state index is 9.30. The Morgan fingerprint density at radius 2 is 1.11 bits per heavy atom. The lowest BCUT2D eigenvalue weighted by Crippen LogP contribution is -2.62. The van der Waals surface area contributed by atoms with E-state index < -0.39 is 6.85 Å². The molecule has 3 heterocycles. The van der Waals surface area contributed by atoms with Gasteiger partial charge in [-0.15, -0.1) is 11.3 Å². The molecule has 0 spiro atoms. The molecule has 0 bridgehead atoms. The van der Waals surface area contributed by atoms with Crippen molar-refractivity contribution in [1.82, 2.24) is 0 Å². The Morgan fingerprint density at radius 1 is 0.493 bits per heavy atom. The van der Waals surface area contributed by atoms with Crippen LogP contribution in [0, 0.1) is 13.8 Å². The highest BCUT2D eigenvalue weighted by molar-refractivity contribution is 7.26. The van der Waals surface area contributed by atoms with Crippen molar-refractivity contribution in [1.29, 1.82) is 0 Å². The first-order chi connectivity index (χ1) is 35.2. The molecule has 9 aromatic rings. The van der Waals surface area contributed by atoms with Gasteiger partial charge in [-0.2, -0.15) is 0 Å². The molecule has 0 unspecified atom stereocenters. The molecule has 1 aromatic heterocycles. The van der Waals surface area contributed by atoms with Crippen LogP contribution in [0.1, 0.15) is 119 Å². The van der Waals surface area contributed by atoms with Crippen molar-refractivity contribution in [2.75, 3.05) is 14.7 Å². The third-order valence-electron chi connectivity index (χ3n) is 17.4. The molecule has 8 aromatic carbocycles. The smallest absolute Gasteiger partial charge is 0.252 e. The number of fused-ring (bicyclic) bond motifs is 9.